The van der Waals surface area contributed by atoms with Crippen LogP contribution in [0.25, 0.3) is 0 Å². The topological polar surface area (TPSA) is 41.6 Å². The molecule has 1 aromatic carbocycles. The van der Waals surface area contributed by atoms with Crippen molar-refractivity contribution in [3.05, 3.63) is 35.4 Å². The van der Waals surface area contributed by atoms with Crippen LogP contribution in [0.3, 0.4) is 0 Å². The van der Waals surface area contributed by atoms with Gasteiger partial charge in [0.05, 0.1) is 6.61 Å². The zero-order chi connectivity index (χ0) is 15.0. The third-order valence-electron chi connectivity index (χ3n) is 5.69. The molecule has 1 atom stereocenters. The monoisotopic (exact) mass is 300 g/mol. The van der Waals surface area contributed by atoms with Crippen molar-refractivity contribution in [2.24, 2.45) is 5.41 Å². The summed E-state index contributed by atoms with van der Waals surface area (Å²) in [4.78, 5) is 14.9. The van der Waals surface area contributed by atoms with E-state index in [1.165, 1.54) is 12.0 Å². The van der Waals surface area contributed by atoms with Crippen molar-refractivity contribution in [2.75, 3.05) is 32.8 Å². The van der Waals surface area contributed by atoms with Crippen LogP contribution in [0.5, 0.6) is 0 Å². The first-order chi connectivity index (χ1) is 10.8. The number of carbonyl (C=O) groups is 1. The van der Waals surface area contributed by atoms with Gasteiger partial charge in [-0.15, -0.1) is 0 Å². The molecule has 22 heavy (non-hydrogen) atoms. The van der Waals surface area contributed by atoms with Gasteiger partial charge in [-0.2, -0.15) is 0 Å². The Morgan fingerprint density at radius 2 is 2.05 bits per heavy atom. The first-order valence-corrected chi connectivity index (χ1v) is 8.46. The molecule has 1 amide bonds. The Balaban J connectivity index is 1.47. The van der Waals surface area contributed by atoms with Crippen molar-refractivity contribution in [1.29, 1.82) is 0 Å². The number of piperidine rings is 1. The Hall–Kier alpha value is -1.39. The lowest BCUT2D eigenvalue weighted by atomic mass is 9.77. The van der Waals surface area contributed by atoms with Gasteiger partial charge in [0.25, 0.3) is 5.91 Å². The molecule has 1 aromatic rings. The molecule has 3 aliphatic heterocycles. The average molecular weight is 300 g/mol. The molecule has 4 nitrogen and oxygen atoms in total. The predicted molar refractivity (Wildman–Crippen MR) is 84.6 cm³/mol. The first kappa shape index (κ1) is 14.2. The zero-order valence-corrected chi connectivity index (χ0v) is 13.0. The molecule has 2 fully saturated rings. The van der Waals surface area contributed by atoms with Crippen LogP contribution in [-0.4, -0.2) is 43.6 Å². The highest BCUT2D eigenvalue weighted by Gasteiger charge is 2.40. The molecule has 0 bridgehead atoms. The van der Waals surface area contributed by atoms with E-state index in [2.05, 4.69) is 11.4 Å². The minimum absolute atomic E-state index is 0.160. The van der Waals surface area contributed by atoms with Crippen LogP contribution in [0.15, 0.2) is 24.3 Å². The quantitative estimate of drug-likeness (QED) is 0.861. The number of hydrogen-bond acceptors (Lipinski definition) is 3. The Morgan fingerprint density at radius 1 is 1.23 bits per heavy atom. The third kappa shape index (κ3) is 2.44. The number of rotatable bonds is 1. The van der Waals surface area contributed by atoms with Crippen molar-refractivity contribution < 1.29 is 9.53 Å². The van der Waals surface area contributed by atoms with Gasteiger partial charge in [-0.3, -0.25) is 4.79 Å². The fourth-order valence-electron chi connectivity index (χ4n) is 4.19. The van der Waals surface area contributed by atoms with Gasteiger partial charge in [0.2, 0.25) is 0 Å². The summed E-state index contributed by atoms with van der Waals surface area (Å²) in [6.45, 7) is 4.66. The minimum atomic E-state index is -0.388. The van der Waals surface area contributed by atoms with Crippen LogP contribution >= 0.6 is 0 Å². The molecule has 3 heterocycles. The average Bonchev–Trinajstić information content (AvgIpc) is 3.02. The van der Waals surface area contributed by atoms with Crippen LogP contribution in [0.4, 0.5) is 0 Å². The Kier molecular flexibility index (Phi) is 3.66. The zero-order valence-electron chi connectivity index (χ0n) is 13.0. The maximum Gasteiger partial charge on any atom is 0.256 e. The number of fused-ring (bicyclic) bond motifs is 1. The largest absolute Gasteiger partial charge is 0.363 e. The summed E-state index contributed by atoms with van der Waals surface area (Å²) in [6, 6.07) is 8.21. The van der Waals surface area contributed by atoms with Gasteiger partial charge in [-0.1, -0.05) is 24.3 Å². The standard InChI is InChI=1S/C18H24N2O2/c21-17(16-15-4-2-1-3-14(15)5-12-22-16)20-10-7-18(8-11-20)6-9-19-13-18/h1-4,16,19H,5-13H2. The van der Waals surface area contributed by atoms with Gasteiger partial charge < -0.3 is 15.0 Å². The molecule has 0 radical (unpaired) electrons. The Labute approximate surface area is 131 Å². The van der Waals surface area contributed by atoms with E-state index in [0.717, 1.165) is 51.0 Å². The summed E-state index contributed by atoms with van der Waals surface area (Å²) < 4.78 is 5.83. The number of carbonyl (C=O) groups excluding carboxylic acids is 1. The van der Waals surface area contributed by atoms with E-state index in [1.54, 1.807) is 0 Å². The van der Waals surface area contributed by atoms with Crippen molar-refractivity contribution in [2.45, 2.75) is 31.8 Å². The van der Waals surface area contributed by atoms with Crippen LogP contribution in [0.2, 0.25) is 0 Å². The van der Waals surface area contributed by atoms with Crippen LogP contribution in [0.1, 0.15) is 36.5 Å². The number of nitrogens with one attached hydrogen (secondary N) is 1. The summed E-state index contributed by atoms with van der Waals surface area (Å²) in [5.74, 6) is 0.160. The second-order valence-corrected chi connectivity index (χ2v) is 6.95. The fourth-order valence-corrected chi connectivity index (χ4v) is 4.19. The molecule has 4 heteroatoms. The second-order valence-electron chi connectivity index (χ2n) is 6.95. The molecule has 3 aliphatic rings. The molecule has 1 N–H and O–H groups in total. The molecule has 0 saturated carbocycles. The number of amides is 1. The highest BCUT2D eigenvalue weighted by Crippen LogP contribution is 2.38. The lowest BCUT2D eigenvalue weighted by molar-refractivity contribution is -0.147. The van der Waals surface area contributed by atoms with Crippen molar-refractivity contribution in [3.8, 4) is 0 Å². The van der Waals surface area contributed by atoms with Crippen molar-refractivity contribution >= 4 is 5.91 Å². The van der Waals surface area contributed by atoms with E-state index >= 15 is 0 Å². The molecular formula is C18H24N2O2. The molecule has 4 rings (SSSR count). The van der Waals surface area contributed by atoms with Crippen LogP contribution in [0, 0.1) is 5.41 Å². The second kappa shape index (κ2) is 5.67. The van der Waals surface area contributed by atoms with E-state index in [4.69, 9.17) is 4.74 Å². The SMILES string of the molecule is O=C(C1OCCc2ccccc21)N1CCC2(CCNC2)CC1. The van der Waals surface area contributed by atoms with Crippen LogP contribution < -0.4 is 5.32 Å². The molecular weight excluding hydrogens is 276 g/mol. The lowest BCUT2D eigenvalue weighted by Crippen LogP contribution is -2.46. The molecule has 1 unspecified atom stereocenters. The van der Waals surface area contributed by atoms with Crippen molar-refractivity contribution in [3.63, 3.8) is 0 Å². The summed E-state index contributed by atoms with van der Waals surface area (Å²) >= 11 is 0. The van der Waals surface area contributed by atoms with E-state index in [9.17, 15) is 4.79 Å². The number of benzene rings is 1. The highest BCUT2D eigenvalue weighted by atomic mass is 16.5. The lowest BCUT2D eigenvalue weighted by Gasteiger charge is -2.40. The third-order valence-corrected chi connectivity index (χ3v) is 5.69. The Bertz CT molecular complexity index is 556. The number of likely N-dealkylation sites (tertiary alicyclic amines) is 1. The summed E-state index contributed by atoms with van der Waals surface area (Å²) in [6.07, 6.45) is 4.04. The molecule has 118 valence electrons. The van der Waals surface area contributed by atoms with E-state index in [0.29, 0.717) is 12.0 Å². The van der Waals surface area contributed by atoms with E-state index < -0.39 is 0 Å². The molecule has 0 aromatic heterocycles. The maximum absolute atomic E-state index is 12.9. The van der Waals surface area contributed by atoms with Gasteiger partial charge in [0.1, 0.15) is 0 Å². The highest BCUT2D eigenvalue weighted by molar-refractivity contribution is 5.83. The normalized spacial score (nSPS) is 26.9. The summed E-state index contributed by atoms with van der Waals surface area (Å²) in [5.41, 5.74) is 2.78. The van der Waals surface area contributed by atoms with Gasteiger partial charge in [0.15, 0.2) is 6.10 Å². The van der Waals surface area contributed by atoms with Crippen LogP contribution in [-0.2, 0) is 16.0 Å². The maximum atomic E-state index is 12.9. The summed E-state index contributed by atoms with van der Waals surface area (Å²) in [5, 5.41) is 3.48. The smallest absolute Gasteiger partial charge is 0.256 e. The number of nitrogens with zero attached hydrogens (tertiary/aromatic N) is 1. The van der Waals surface area contributed by atoms with E-state index in [1.807, 2.05) is 23.1 Å². The van der Waals surface area contributed by atoms with Gasteiger partial charge >= 0.3 is 0 Å². The Morgan fingerprint density at radius 3 is 2.82 bits per heavy atom. The van der Waals surface area contributed by atoms with Gasteiger partial charge in [-0.05, 0) is 48.8 Å². The fraction of sp³-hybridized carbons (Fsp3) is 0.611. The molecule has 0 aliphatic carbocycles. The predicted octanol–water partition coefficient (Wildman–Crippen LogP) is 1.90. The number of ether oxygens (including phenoxy) is 1. The number of hydrogen-bond donors (Lipinski definition) is 1. The molecule has 2 saturated heterocycles. The van der Waals surface area contributed by atoms with E-state index in [-0.39, 0.29) is 12.0 Å². The summed E-state index contributed by atoms with van der Waals surface area (Å²) in [7, 11) is 0. The van der Waals surface area contributed by atoms with Crippen molar-refractivity contribution in [1.82, 2.24) is 10.2 Å². The minimum Gasteiger partial charge on any atom is -0.363 e. The molecule has 1 spiro atoms. The van der Waals surface area contributed by atoms with Gasteiger partial charge in [0, 0.05) is 19.6 Å². The van der Waals surface area contributed by atoms with Gasteiger partial charge in [-0.25, -0.2) is 0 Å². The first-order valence-electron chi connectivity index (χ1n) is 8.46.